The van der Waals surface area contributed by atoms with Gasteiger partial charge in [-0.3, -0.25) is 0 Å². The molecule has 1 heterocycles. The Hall–Kier alpha value is -2.20. The number of rotatable bonds is 2. The largest absolute Gasteiger partial charge is 0.458 e. The first kappa shape index (κ1) is 13.8. The molecule has 21 heavy (non-hydrogen) atoms. The highest BCUT2D eigenvalue weighted by atomic mass is 19.1. The van der Waals surface area contributed by atoms with Crippen LogP contribution in [0.3, 0.4) is 0 Å². The number of aliphatic hydroxyl groups excluding tert-OH is 1. The zero-order valence-corrected chi connectivity index (χ0v) is 11.7. The van der Waals surface area contributed by atoms with Gasteiger partial charge in [0.1, 0.15) is 29.1 Å². The number of hydrogen-bond acceptors (Lipinski definition) is 2. The molecule has 0 aliphatic heterocycles. The fraction of sp³-hybridized carbons (Fsp3) is 0.176. The van der Waals surface area contributed by atoms with E-state index in [9.17, 15) is 13.9 Å². The van der Waals surface area contributed by atoms with Gasteiger partial charge in [0.2, 0.25) is 0 Å². The Balaban J connectivity index is 2.15. The summed E-state index contributed by atoms with van der Waals surface area (Å²) in [4.78, 5) is 0. The Morgan fingerprint density at radius 1 is 1.05 bits per heavy atom. The van der Waals surface area contributed by atoms with Gasteiger partial charge in [-0.15, -0.1) is 0 Å². The van der Waals surface area contributed by atoms with Crippen LogP contribution in [-0.4, -0.2) is 5.11 Å². The van der Waals surface area contributed by atoms with E-state index >= 15 is 0 Å². The first-order valence-corrected chi connectivity index (χ1v) is 6.60. The van der Waals surface area contributed by atoms with Crippen molar-refractivity contribution in [2.24, 2.45) is 0 Å². The lowest BCUT2D eigenvalue weighted by molar-refractivity contribution is 0.186. The van der Waals surface area contributed by atoms with Gasteiger partial charge < -0.3 is 9.52 Å². The molecule has 1 N–H and O–H groups in total. The maximum Gasteiger partial charge on any atom is 0.141 e. The zero-order valence-electron chi connectivity index (χ0n) is 11.7. The molecule has 0 saturated carbocycles. The van der Waals surface area contributed by atoms with E-state index in [1.54, 1.807) is 19.1 Å². The van der Waals surface area contributed by atoms with E-state index in [-0.39, 0.29) is 17.1 Å². The average Bonchev–Trinajstić information content (AvgIpc) is 2.78. The predicted octanol–water partition coefficient (Wildman–Crippen LogP) is 4.41. The fourth-order valence-electron chi connectivity index (χ4n) is 2.49. The van der Waals surface area contributed by atoms with Crippen LogP contribution in [0.1, 0.15) is 28.6 Å². The average molecular weight is 288 g/mol. The van der Waals surface area contributed by atoms with Crippen LogP contribution in [0.4, 0.5) is 8.78 Å². The molecule has 1 atom stereocenters. The minimum Gasteiger partial charge on any atom is -0.458 e. The van der Waals surface area contributed by atoms with E-state index in [2.05, 4.69) is 0 Å². The molecule has 0 spiro atoms. The monoisotopic (exact) mass is 288 g/mol. The second-order valence-electron chi connectivity index (χ2n) is 5.16. The van der Waals surface area contributed by atoms with Crippen LogP contribution in [0.25, 0.3) is 11.0 Å². The lowest BCUT2D eigenvalue weighted by Crippen LogP contribution is -2.03. The molecule has 3 rings (SSSR count). The second kappa shape index (κ2) is 4.97. The topological polar surface area (TPSA) is 33.4 Å². The highest BCUT2D eigenvalue weighted by molar-refractivity contribution is 5.82. The Bertz CT molecular complexity index is 821. The molecule has 0 amide bonds. The minimum atomic E-state index is -1.22. The molecule has 3 aromatic rings. The van der Waals surface area contributed by atoms with Crippen LogP contribution in [-0.2, 0) is 0 Å². The zero-order chi connectivity index (χ0) is 15.1. The van der Waals surface area contributed by atoms with Gasteiger partial charge in [-0.2, -0.15) is 0 Å². The Labute approximate surface area is 120 Å². The summed E-state index contributed by atoms with van der Waals surface area (Å²) in [6.07, 6.45) is -1.22. The van der Waals surface area contributed by atoms with Crippen molar-refractivity contribution in [3.05, 3.63) is 70.5 Å². The van der Waals surface area contributed by atoms with E-state index < -0.39 is 11.9 Å². The maximum atomic E-state index is 13.9. The summed E-state index contributed by atoms with van der Waals surface area (Å²) < 4.78 is 32.8. The Morgan fingerprint density at radius 3 is 2.57 bits per heavy atom. The third-order valence-corrected chi connectivity index (χ3v) is 3.63. The molecule has 108 valence electrons. The molecular weight excluding hydrogens is 274 g/mol. The molecule has 1 unspecified atom stereocenters. The first-order chi connectivity index (χ1) is 9.97. The second-order valence-corrected chi connectivity index (χ2v) is 5.16. The number of furan rings is 1. The number of aliphatic hydroxyl groups is 1. The molecule has 0 bridgehead atoms. The quantitative estimate of drug-likeness (QED) is 0.757. The van der Waals surface area contributed by atoms with Crippen LogP contribution in [0.5, 0.6) is 0 Å². The highest BCUT2D eigenvalue weighted by Gasteiger charge is 2.22. The van der Waals surface area contributed by atoms with Gasteiger partial charge >= 0.3 is 0 Å². The molecule has 0 fully saturated rings. The lowest BCUT2D eigenvalue weighted by atomic mass is 10.0. The third kappa shape index (κ3) is 2.32. The summed E-state index contributed by atoms with van der Waals surface area (Å²) in [6, 6.07) is 8.65. The van der Waals surface area contributed by atoms with Gasteiger partial charge in [0, 0.05) is 16.5 Å². The van der Waals surface area contributed by atoms with Crippen molar-refractivity contribution in [3.8, 4) is 0 Å². The van der Waals surface area contributed by atoms with E-state index in [0.29, 0.717) is 16.5 Å². The van der Waals surface area contributed by atoms with Crippen molar-refractivity contribution in [1.29, 1.82) is 0 Å². The van der Waals surface area contributed by atoms with Crippen LogP contribution in [0.15, 0.2) is 40.8 Å². The molecule has 4 heteroatoms. The lowest BCUT2D eigenvalue weighted by Gasteiger charge is -2.11. The van der Waals surface area contributed by atoms with Crippen molar-refractivity contribution in [1.82, 2.24) is 0 Å². The summed E-state index contributed by atoms with van der Waals surface area (Å²) in [6.45, 7) is 3.54. The predicted molar refractivity (Wildman–Crippen MR) is 76.1 cm³/mol. The molecule has 0 aliphatic rings. The van der Waals surface area contributed by atoms with E-state index in [0.717, 1.165) is 5.56 Å². The van der Waals surface area contributed by atoms with Crippen molar-refractivity contribution in [2.45, 2.75) is 20.0 Å². The molecule has 2 aromatic carbocycles. The highest BCUT2D eigenvalue weighted by Crippen LogP contribution is 2.34. The van der Waals surface area contributed by atoms with Crippen molar-refractivity contribution >= 4 is 11.0 Å². The Morgan fingerprint density at radius 2 is 1.81 bits per heavy atom. The maximum absolute atomic E-state index is 13.9. The fourth-order valence-corrected chi connectivity index (χ4v) is 2.49. The standard InChI is InChI=1S/C17H14F2O2/c1-9-3-5-14(19)13(7-9)16(20)17-10(2)12-8-11(18)4-6-15(12)21-17/h3-8,16,20H,1-2H3. The normalized spacial score (nSPS) is 12.8. The van der Waals surface area contributed by atoms with Crippen molar-refractivity contribution in [2.75, 3.05) is 0 Å². The van der Waals surface area contributed by atoms with Gasteiger partial charge in [0.05, 0.1) is 0 Å². The molecule has 0 radical (unpaired) electrons. The van der Waals surface area contributed by atoms with Gasteiger partial charge in [-0.1, -0.05) is 17.7 Å². The molecule has 2 nitrogen and oxygen atoms in total. The van der Waals surface area contributed by atoms with Crippen LogP contribution in [0, 0.1) is 25.5 Å². The number of halogens is 2. The summed E-state index contributed by atoms with van der Waals surface area (Å²) in [7, 11) is 0. The van der Waals surface area contributed by atoms with Crippen LogP contribution >= 0.6 is 0 Å². The van der Waals surface area contributed by atoms with Gasteiger partial charge in [-0.05, 0) is 38.1 Å². The molecule has 0 aliphatic carbocycles. The summed E-state index contributed by atoms with van der Waals surface area (Å²) in [5, 5.41) is 11.0. The van der Waals surface area contributed by atoms with Crippen LogP contribution < -0.4 is 0 Å². The molecular formula is C17H14F2O2. The third-order valence-electron chi connectivity index (χ3n) is 3.63. The SMILES string of the molecule is Cc1ccc(F)c(C(O)c2oc3ccc(F)cc3c2C)c1. The van der Waals surface area contributed by atoms with E-state index in [4.69, 9.17) is 4.42 Å². The van der Waals surface area contributed by atoms with Crippen LogP contribution in [0.2, 0.25) is 0 Å². The summed E-state index contributed by atoms with van der Waals surface area (Å²) >= 11 is 0. The van der Waals surface area contributed by atoms with Crippen molar-refractivity contribution < 1.29 is 18.3 Å². The van der Waals surface area contributed by atoms with E-state index in [1.807, 2.05) is 6.92 Å². The number of benzene rings is 2. The molecule has 1 aromatic heterocycles. The van der Waals surface area contributed by atoms with Gasteiger partial charge in [0.15, 0.2) is 0 Å². The number of hydrogen-bond donors (Lipinski definition) is 1. The number of fused-ring (bicyclic) bond motifs is 1. The minimum absolute atomic E-state index is 0.151. The van der Waals surface area contributed by atoms with Crippen molar-refractivity contribution in [3.63, 3.8) is 0 Å². The summed E-state index contributed by atoms with van der Waals surface area (Å²) in [5.74, 6) is -0.645. The van der Waals surface area contributed by atoms with Gasteiger partial charge in [0.25, 0.3) is 0 Å². The Kier molecular flexibility index (Phi) is 3.26. The smallest absolute Gasteiger partial charge is 0.141 e. The molecule has 0 saturated heterocycles. The first-order valence-electron chi connectivity index (χ1n) is 6.60. The number of aryl methyl sites for hydroxylation is 2. The van der Waals surface area contributed by atoms with Gasteiger partial charge in [-0.25, -0.2) is 8.78 Å². The van der Waals surface area contributed by atoms with E-state index in [1.165, 1.54) is 24.3 Å². The summed E-state index contributed by atoms with van der Waals surface area (Å²) in [5.41, 5.74) is 2.07.